The molecule has 1 rings (SSSR count). The highest BCUT2D eigenvalue weighted by molar-refractivity contribution is 7.91. The number of thiophene rings is 1. The lowest BCUT2D eigenvalue weighted by Crippen LogP contribution is -2.31. The summed E-state index contributed by atoms with van der Waals surface area (Å²) in [5.41, 5.74) is 0. The second-order valence-electron chi connectivity index (χ2n) is 3.62. The highest BCUT2D eigenvalue weighted by Crippen LogP contribution is 2.25. The van der Waals surface area contributed by atoms with Crippen molar-refractivity contribution < 1.29 is 8.42 Å². The van der Waals surface area contributed by atoms with Crippen molar-refractivity contribution in [3.05, 3.63) is 17.0 Å². The summed E-state index contributed by atoms with van der Waals surface area (Å²) in [6.45, 7) is 4.54. The molecule has 0 aliphatic rings. The third kappa shape index (κ3) is 3.32. The van der Waals surface area contributed by atoms with E-state index in [0.717, 1.165) is 17.7 Å². The molecule has 0 aliphatic carbocycles. The summed E-state index contributed by atoms with van der Waals surface area (Å²) in [6.07, 6.45) is 6.82. The smallest absolute Gasteiger partial charge is 0.206 e. The number of nitrogens with zero attached hydrogens (tertiary/aromatic N) is 1. The van der Waals surface area contributed by atoms with Gasteiger partial charge in [0.05, 0.1) is 6.54 Å². The molecule has 0 saturated carbocycles. The molecule has 3 nitrogen and oxygen atoms in total. The van der Waals surface area contributed by atoms with Gasteiger partial charge in [-0.1, -0.05) is 19.8 Å². The summed E-state index contributed by atoms with van der Waals surface area (Å²) < 4.78 is 26.3. The van der Waals surface area contributed by atoms with Gasteiger partial charge in [0, 0.05) is 11.4 Å². The number of terminal acetylenes is 1. The van der Waals surface area contributed by atoms with Crippen LogP contribution >= 0.6 is 11.3 Å². The van der Waals surface area contributed by atoms with E-state index >= 15 is 0 Å². The molecule has 0 N–H and O–H groups in total. The van der Waals surface area contributed by atoms with E-state index in [1.165, 1.54) is 15.6 Å². The van der Waals surface area contributed by atoms with E-state index in [1.807, 2.05) is 19.9 Å². The van der Waals surface area contributed by atoms with Gasteiger partial charge in [-0.15, -0.1) is 17.8 Å². The fourth-order valence-electron chi connectivity index (χ4n) is 1.45. The molecule has 1 aromatic rings. The lowest BCUT2D eigenvalue weighted by atomic mass is 10.4. The van der Waals surface area contributed by atoms with Crippen LogP contribution in [0.1, 0.15) is 25.1 Å². The Balaban J connectivity index is 3.03. The minimum atomic E-state index is -3.41. The van der Waals surface area contributed by atoms with Gasteiger partial charge in [0.15, 0.2) is 0 Å². The standard InChI is InChI=1S/C12H17NO2S2/c1-4-9-13(10-5-2)17(14,15)12-8-7-11(6-3)16-12/h1,7-8H,5-6,9-10H2,2-3H3. The average Bonchev–Trinajstić information content (AvgIpc) is 2.78. The maximum atomic E-state index is 12.3. The average molecular weight is 271 g/mol. The molecule has 0 spiro atoms. The van der Waals surface area contributed by atoms with Crippen LogP contribution in [0.25, 0.3) is 0 Å². The zero-order valence-corrected chi connectivity index (χ0v) is 11.8. The lowest BCUT2D eigenvalue weighted by Gasteiger charge is -2.17. The molecule has 0 aliphatic heterocycles. The van der Waals surface area contributed by atoms with E-state index in [9.17, 15) is 8.42 Å². The van der Waals surface area contributed by atoms with E-state index < -0.39 is 10.0 Å². The predicted octanol–water partition coefficient (Wildman–Crippen LogP) is 2.34. The first-order valence-electron chi connectivity index (χ1n) is 5.58. The molecular weight excluding hydrogens is 254 g/mol. The second kappa shape index (κ2) is 6.20. The Morgan fingerprint density at radius 1 is 1.41 bits per heavy atom. The van der Waals surface area contributed by atoms with E-state index in [2.05, 4.69) is 5.92 Å². The number of aryl methyl sites for hydroxylation is 1. The highest BCUT2D eigenvalue weighted by Gasteiger charge is 2.24. The molecule has 0 aromatic carbocycles. The van der Waals surface area contributed by atoms with Crippen LogP contribution in [0.2, 0.25) is 0 Å². The minimum absolute atomic E-state index is 0.134. The normalized spacial score (nSPS) is 11.6. The quantitative estimate of drug-likeness (QED) is 0.745. The van der Waals surface area contributed by atoms with Crippen LogP contribution < -0.4 is 0 Å². The van der Waals surface area contributed by atoms with Crippen LogP contribution in [0.4, 0.5) is 0 Å². The summed E-state index contributed by atoms with van der Waals surface area (Å²) in [6, 6.07) is 3.52. The number of rotatable bonds is 6. The molecular formula is C12H17NO2S2. The summed E-state index contributed by atoms with van der Waals surface area (Å²) in [4.78, 5) is 1.07. The van der Waals surface area contributed by atoms with Gasteiger partial charge in [0.2, 0.25) is 0 Å². The summed E-state index contributed by atoms with van der Waals surface area (Å²) in [7, 11) is -3.41. The van der Waals surface area contributed by atoms with E-state index in [4.69, 9.17) is 6.42 Å². The van der Waals surface area contributed by atoms with Crippen molar-refractivity contribution in [2.45, 2.75) is 30.9 Å². The van der Waals surface area contributed by atoms with Gasteiger partial charge in [-0.3, -0.25) is 0 Å². The Kier molecular flexibility index (Phi) is 5.19. The van der Waals surface area contributed by atoms with Gasteiger partial charge in [-0.05, 0) is 25.0 Å². The van der Waals surface area contributed by atoms with Gasteiger partial charge >= 0.3 is 0 Å². The van der Waals surface area contributed by atoms with Crippen LogP contribution in [-0.4, -0.2) is 25.8 Å². The molecule has 5 heteroatoms. The van der Waals surface area contributed by atoms with Gasteiger partial charge in [0.1, 0.15) is 4.21 Å². The van der Waals surface area contributed by atoms with Crippen molar-refractivity contribution in [3.63, 3.8) is 0 Å². The van der Waals surface area contributed by atoms with Crippen molar-refractivity contribution in [3.8, 4) is 12.3 Å². The zero-order valence-electron chi connectivity index (χ0n) is 10.1. The summed E-state index contributed by atoms with van der Waals surface area (Å²) in [5.74, 6) is 2.40. The van der Waals surface area contributed by atoms with Crippen molar-refractivity contribution in [2.75, 3.05) is 13.1 Å². The third-order valence-electron chi connectivity index (χ3n) is 2.32. The van der Waals surface area contributed by atoms with Crippen molar-refractivity contribution >= 4 is 21.4 Å². The van der Waals surface area contributed by atoms with Gasteiger partial charge in [-0.2, -0.15) is 4.31 Å². The van der Waals surface area contributed by atoms with Gasteiger partial charge in [0.25, 0.3) is 10.0 Å². The van der Waals surface area contributed by atoms with Crippen molar-refractivity contribution in [1.82, 2.24) is 4.31 Å². The maximum absolute atomic E-state index is 12.3. The van der Waals surface area contributed by atoms with Gasteiger partial charge < -0.3 is 0 Å². The Morgan fingerprint density at radius 2 is 2.12 bits per heavy atom. The fraction of sp³-hybridized carbons (Fsp3) is 0.500. The Labute approximate surface area is 108 Å². The molecule has 0 unspecified atom stereocenters. The maximum Gasteiger partial charge on any atom is 0.253 e. The van der Waals surface area contributed by atoms with Crippen molar-refractivity contribution in [2.24, 2.45) is 0 Å². The molecule has 1 heterocycles. The number of sulfonamides is 1. The van der Waals surface area contributed by atoms with Crippen LogP contribution in [0.3, 0.4) is 0 Å². The molecule has 0 radical (unpaired) electrons. The highest BCUT2D eigenvalue weighted by atomic mass is 32.2. The Bertz CT molecular complexity index is 497. The largest absolute Gasteiger partial charge is 0.253 e. The van der Waals surface area contributed by atoms with E-state index in [-0.39, 0.29) is 6.54 Å². The zero-order chi connectivity index (χ0) is 12.9. The second-order valence-corrected chi connectivity index (χ2v) is 6.95. The van der Waals surface area contributed by atoms with E-state index in [1.54, 1.807) is 6.07 Å². The summed E-state index contributed by atoms with van der Waals surface area (Å²) in [5, 5.41) is 0. The van der Waals surface area contributed by atoms with Crippen LogP contribution in [0, 0.1) is 12.3 Å². The SMILES string of the molecule is C#CCN(CCC)S(=O)(=O)c1ccc(CC)s1. The molecule has 0 fully saturated rings. The first-order valence-corrected chi connectivity index (χ1v) is 7.84. The van der Waals surface area contributed by atoms with Gasteiger partial charge in [-0.25, -0.2) is 8.42 Å². The lowest BCUT2D eigenvalue weighted by molar-refractivity contribution is 0.447. The first-order chi connectivity index (χ1) is 8.06. The Morgan fingerprint density at radius 3 is 2.59 bits per heavy atom. The fourth-order valence-corrected chi connectivity index (χ4v) is 4.34. The molecule has 17 heavy (non-hydrogen) atoms. The molecule has 94 valence electrons. The number of hydrogen-bond acceptors (Lipinski definition) is 3. The minimum Gasteiger partial charge on any atom is -0.206 e. The van der Waals surface area contributed by atoms with Crippen LogP contribution in [0.5, 0.6) is 0 Å². The van der Waals surface area contributed by atoms with Crippen LogP contribution in [0.15, 0.2) is 16.3 Å². The van der Waals surface area contributed by atoms with Crippen molar-refractivity contribution in [1.29, 1.82) is 0 Å². The molecule has 1 aromatic heterocycles. The Hall–Kier alpha value is -0.830. The predicted molar refractivity (Wildman–Crippen MR) is 71.6 cm³/mol. The molecule has 0 atom stereocenters. The summed E-state index contributed by atoms with van der Waals surface area (Å²) >= 11 is 1.32. The number of hydrogen-bond donors (Lipinski definition) is 0. The molecule has 0 bridgehead atoms. The van der Waals surface area contributed by atoms with E-state index in [0.29, 0.717) is 10.8 Å². The third-order valence-corrected chi connectivity index (χ3v) is 5.86. The topological polar surface area (TPSA) is 37.4 Å². The van der Waals surface area contributed by atoms with Crippen LogP contribution in [-0.2, 0) is 16.4 Å². The first kappa shape index (κ1) is 14.2. The molecule has 0 saturated heterocycles. The monoisotopic (exact) mass is 271 g/mol. The molecule has 0 amide bonds.